The average Bonchev–Trinajstić information content (AvgIpc) is 2.72. The molecule has 2 rings (SSSR count). The van der Waals surface area contributed by atoms with Crippen molar-refractivity contribution in [1.29, 1.82) is 0 Å². The number of amides is 1. The molecule has 1 amide bonds. The number of aliphatic imine (C=N–C) groups is 1. The van der Waals surface area contributed by atoms with Crippen LogP contribution in [0.2, 0.25) is 0 Å². The predicted molar refractivity (Wildman–Crippen MR) is 112 cm³/mol. The fourth-order valence-electron chi connectivity index (χ4n) is 2.61. The smallest absolute Gasteiger partial charge is 0.251 e. The van der Waals surface area contributed by atoms with Crippen LogP contribution in [-0.2, 0) is 6.54 Å². The Bertz CT molecular complexity index is 821. The van der Waals surface area contributed by atoms with E-state index in [9.17, 15) is 4.79 Å². The van der Waals surface area contributed by atoms with Gasteiger partial charge >= 0.3 is 0 Å². The van der Waals surface area contributed by atoms with Gasteiger partial charge in [-0.05, 0) is 43.7 Å². The van der Waals surface area contributed by atoms with Crippen LogP contribution < -0.4 is 25.4 Å². The Hall–Kier alpha value is -3.22. The highest BCUT2D eigenvalue weighted by atomic mass is 16.5. The van der Waals surface area contributed by atoms with Crippen LogP contribution in [0.3, 0.4) is 0 Å². The predicted octanol–water partition coefficient (Wildman–Crippen LogP) is 3.03. The molecule has 0 bridgehead atoms. The molecule has 7 nitrogen and oxygen atoms in total. The van der Waals surface area contributed by atoms with Gasteiger partial charge in [-0.2, -0.15) is 0 Å². The van der Waals surface area contributed by atoms with Crippen LogP contribution >= 0.6 is 0 Å². The first-order chi connectivity index (χ1) is 13.6. The molecule has 28 heavy (non-hydrogen) atoms. The number of anilines is 1. The Morgan fingerprint density at radius 3 is 2.57 bits per heavy atom. The van der Waals surface area contributed by atoms with Gasteiger partial charge in [0.15, 0.2) is 17.5 Å². The van der Waals surface area contributed by atoms with Gasteiger partial charge in [-0.15, -0.1) is 0 Å². The summed E-state index contributed by atoms with van der Waals surface area (Å²) in [7, 11) is 3.31. The number of carbonyl (C=O) groups is 1. The summed E-state index contributed by atoms with van der Waals surface area (Å²) >= 11 is 0. The van der Waals surface area contributed by atoms with E-state index >= 15 is 0 Å². The zero-order chi connectivity index (χ0) is 20.4. The van der Waals surface area contributed by atoms with Crippen LogP contribution in [-0.4, -0.2) is 39.2 Å². The van der Waals surface area contributed by atoms with Crippen LogP contribution in [0.25, 0.3) is 0 Å². The second-order valence-corrected chi connectivity index (χ2v) is 5.91. The molecule has 0 aromatic heterocycles. The number of nitrogens with zero attached hydrogens (tertiary/aromatic N) is 1. The van der Waals surface area contributed by atoms with Gasteiger partial charge in [-0.1, -0.05) is 12.1 Å². The van der Waals surface area contributed by atoms with Gasteiger partial charge in [0.2, 0.25) is 0 Å². The van der Waals surface area contributed by atoms with E-state index in [2.05, 4.69) is 20.9 Å². The highest BCUT2D eigenvalue weighted by Gasteiger charge is 2.08. The first-order valence-electron chi connectivity index (χ1n) is 9.26. The summed E-state index contributed by atoms with van der Waals surface area (Å²) in [5.41, 5.74) is 2.45. The van der Waals surface area contributed by atoms with Crippen molar-refractivity contribution in [3.05, 3.63) is 53.6 Å². The van der Waals surface area contributed by atoms with Gasteiger partial charge < -0.3 is 25.4 Å². The monoisotopic (exact) mass is 384 g/mol. The van der Waals surface area contributed by atoms with E-state index in [-0.39, 0.29) is 5.91 Å². The number of nitrogens with one attached hydrogen (secondary N) is 3. The molecule has 0 radical (unpaired) electrons. The van der Waals surface area contributed by atoms with Gasteiger partial charge in [0, 0.05) is 37.5 Å². The number of methoxy groups -OCH3 is 1. The van der Waals surface area contributed by atoms with Crippen molar-refractivity contribution in [2.24, 2.45) is 4.99 Å². The lowest BCUT2D eigenvalue weighted by Crippen LogP contribution is -2.30. The van der Waals surface area contributed by atoms with Gasteiger partial charge in [0.1, 0.15) is 0 Å². The minimum atomic E-state index is -0.0756. The molecular weight excluding hydrogens is 356 g/mol. The number of hydrogen-bond donors (Lipinski definition) is 3. The van der Waals surface area contributed by atoms with E-state index in [0.29, 0.717) is 42.7 Å². The zero-order valence-corrected chi connectivity index (χ0v) is 16.8. The molecule has 150 valence electrons. The lowest BCUT2D eigenvalue weighted by molar-refractivity contribution is 0.0955. The Morgan fingerprint density at radius 1 is 1.07 bits per heavy atom. The Morgan fingerprint density at radius 2 is 1.89 bits per heavy atom. The Balaban J connectivity index is 2.02. The maximum atomic E-state index is 12.0. The third kappa shape index (κ3) is 5.90. The SMILES string of the molecule is CCNC(=O)c1cccc(CNC(=NC)Nc2ccc(OCC)c(OC)c2)c1. The largest absolute Gasteiger partial charge is 0.493 e. The average molecular weight is 384 g/mol. The van der Waals surface area contributed by atoms with Crippen LogP contribution in [0.5, 0.6) is 11.5 Å². The summed E-state index contributed by atoms with van der Waals surface area (Å²) in [4.78, 5) is 16.2. The summed E-state index contributed by atoms with van der Waals surface area (Å²) < 4.78 is 10.9. The molecule has 2 aromatic rings. The van der Waals surface area contributed by atoms with Gasteiger partial charge in [-0.3, -0.25) is 9.79 Å². The second kappa shape index (κ2) is 10.8. The summed E-state index contributed by atoms with van der Waals surface area (Å²) in [6.07, 6.45) is 0. The molecule has 0 aliphatic rings. The summed E-state index contributed by atoms with van der Waals surface area (Å²) in [5.74, 6) is 1.88. The molecule has 0 saturated carbocycles. The minimum Gasteiger partial charge on any atom is -0.493 e. The van der Waals surface area contributed by atoms with Crippen LogP contribution in [0.1, 0.15) is 29.8 Å². The molecule has 0 heterocycles. The highest BCUT2D eigenvalue weighted by molar-refractivity contribution is 5.95. The first kappa shape index (κ1) is 21.1. The summed E-state index contributed by atoms with van der Waals surface area (Å²) in [5, 5.41) is 9.27. The highest BCUT2D eigenvalue weighted by Crippen LogP contribution is 2.30. The van der Waals surface area contributed by atoms with E-state index in [4.69, 9.17) is 9.47 Å². The van der Waals surface area contributed by atoms with Gasteiger partial charge in [0.05, 0.1) is 13.7 Å². The van der Waals surface area contributed by atoms with Gasteiger partial charge in [-0.25, -0.2) is 0 Å². The lowest BCUT2D eigenvalue weighted by Gasteiger charge is -2.15. The lowest BCUT2D eigenvalue weighted by atomic mass is 10.1. The molecule has 0 aliphatic heterocycles. The number of ether oxygens (including phenoxy) is 2. The van der Waals surface area contributed by atoms with Crippen molar-refractivity contribution in [1.82, 2.24) is 10.6 Å². The molecule has 7 heteroatoms. The van der Waals surface area contributed by atoms with Crippen LogP contribution in [0, 0.1) is 0 Å². The Labute approximate surface area is 166 Å². The minimum absolute atomic E-state index is 0.0756. The van der Waals surface area contributed by atoms with Crippen molar-refractivity contribution in [3.8, 4) is 11.5 Å². The standard InChI is InChI=1S/C21H28N4O3/c1-5-23-20(26)16-9-7-8-15(12-16)14-24-21(22-3)25-17-10-11-18(28-6-2)19(13-17)27-4/h7-13H,5-6,14H2,1-4H3,(H,23,26)(H2,22,24,25). The normalized spacial score (nSPS) is 10.9. The van der Waals surface area contributed by atoms with Crippen molar-refractivity contribution < 1.29 is 14.3 Å². The van der Waals surface area contributed by atoms with E-state index in [0.717, 1.165) is 11.3 Å². The molecule has 2 aromatic carbocycles. The second-order valence-electron chi connectivity index (χ2n) is 5.91. The third-order valence-corrected chi connectivity index (χ3v) is 3.94. The molecule has 3 N–H and O–H groups in total. The summed E-state index contributed by atoms with van der Waals surface area (Å²) in [6, 6.07) is 13.1. The molecule has 0 saturated heterocycles. The topological polar surface area (TPSA) is 84.0 Å². The van der Waals surface area contributed by atoms with E-state index in [1.807, 2.05) is 50.2 Å². The quantitative estimate of drug-likeness (QED) is 0.481. The Kier molecular flexibility index (Phi) is 8.14. The van der Waals surface area contributed by atoms with Crippen molar-refractivity contribution in [2.75, 3.05) is 32.6 Å². The molecule has 0 fully saturated rings. The third-order valence-electron chi connectivity index (χ3n) is 3.94. The van der Waals surface area contributed by atoms with Gasteiger partial charge in [0.25, 0.3) is 5.91 Å². The first-order valence-corrected chi connectivity index (χ1v) is 9.26. The number of rotatable bonds is 8. The molecule has 0 atom stereocenters. The van der Waals surface area contributed by atoms with E-state index < -0.39 is 0 Å². The number of benzene rings is 2. The maximum Gasteiger partial charge on any atom is 0.251 e. The van der Waals surface area contributed by atoms with Crippen LogP contribution in [0.4, 0.5) is 5.69 Å². The molecule has 0 unspecified atom stereocenters. The number of carbonyl (C=O) groups excluding carboxylic acids is 1. The zero-order valence-electron chi connectivity index (χ0n) is 16.8. The molecule has 0 aliphatic carbocycles. The summed E-state index contributed by atoms with van der Waals surface area (Å²) in [6.45, 7) is 5.53. The molecule has 0 spiro atoms. The number of guanidine groups is 1. The fraction of sp³-hybridized carbons (Fsp3) is 0.333. The molecular formula is C21H28N4O3. The van der Waals surface area contributed by atoms with Crippen molar-refractivity contribution >= 4 is 17.6 Å². The fourth-order valence-corrected chi connectivity index (χ4v) is 2.61. The van der Waals surface area contributed by atoms with Crippen LogP contribution in [0.15, 0.2) is 47.5 Å². The van der Waals surface area contributed by atoms with Crippen molar-refractivity contribution in [2.45, 2.75) is 20.4 Å². The van der Waals surface area contributed by atoms with E-state index in [1.165, 1.54) is 0 Å². The van der Waals surface area contributed by atoms with Crippen molar-refractivity contribution in [3.63, 3.8) is 0 Å². The number of hydrogen-bond acceptors (Lipinski definition) is 4. The maximum absolute atomic E-state index is 12.0. The van der Waals surface area contributed by atoms with E-state index in [1.54, 1.807) is 20.2 Å².